The summed E-state index contributed by atoms with van der Waals surface area (Å²) in [6, 6.07) is 9.02. The van der Waals surface area contributed by atoms with Gasteiger partial charge in [-0.3, -0.25) is 4.98 Å². The van der Waals surface area contributed by atoms with Crippen molar-refractivity contribution in [3.63, 3.8) is 0 Å². The number of carbonyl (C=O) groups is 2. The Kier molecular flexibility index (Phi) is 5.48. The van der Waals surface area contributed by atoms with Crippen molar-refractivity contribution in [3.05, 3.63) is 36.5 Å². The molecule has 0 unspecified atom stereocenters. The highest BCUT2D eigenvalue weighted by molar-refractivity contribution is 5.82. The number of amides is 2. The molecule has 2 heterocycles. The molecule has 3 rings (SSSR count). The van der Waals surface area contributed by atoms with E-state index in [-0.39, 0.29) is 24.9 Å². The maximum Gasteiger partial charge on any atom is 0.348 e. The average Bonchev–Trinajstić information content (AvgIpc) is 2.68. The molecule has 1 aliphatic rings. The van der Waals surface area contributed by atoms with Crippen molar-refractivity contribution in [2.24, 2.45) is 0 Å². The van der Waals surface area contributed by atoms with Crippen molar-refractivity contribution >= 4 is 22.9 Å². The van der Waals surface area contributed by atoms with Crippen molar-refractivity contribution in [3.8, 4) is 5.75 Å². The third kappa shape index (κ3) is 4.13. The number of nitrogens with zero attached hydrogens (tertiary/aromatic N) is 2. The topological polar surface area (TPSA) is 91.8 Å². The molecular formula is C20H25N3O4. The number of piperidine rings is 1. The fourth-order valence-corrected chi connectivity index (χ4v) is 3.18. The summed E-state index contributed by atoms with van der Waals surface area (Å²) >= 11 is 0. The van der Waals surface area contributed by atoms with Crippen LogP contribution in [0.2, 0.25) is 0 Å². The zero-order valence-corrected chi connectivity index (χ0v) is 15.6. The molecule has 1 atom stereocenters. The minimum atomic E-state index is -1.33. The molecule has 0 bridgehead atoms. The Morgan fingerprint density at radius 2 is 2.07 bits per heavy atom. The summed E-state index contributed by atoms with van der Waals surface area (Å²) in [5, 5.41) is 13.6. The number of benzene rings is 1. The Morgan fingerprint density at radius 3 is 2.74 bits per heavy atom. The lowest BCUT2D eigenvalue weighted by Gasteiger charge is -2.39. The molecule has 0 saturated carbocycles. The van der Waals surface area contributed by atoms with Gasteiger partial charge in [-0.2, -0.15) is 0 Å². The smallest absolute Gasteiger partial charge is 0.348 e. The van der Waals surface area contributed by atoms with E-state index in [0.29, 0.717) is 18.8 Å². The van der Waals surface area contributed by atoms with Crippen LogP contribution >= 0.6 is 0 Å². The van der Waals surface area contributed by atoms with Gasteiger partial charge in [0, 0.05) is 43.6 Å². The molecule has 0 radical (unpaired) electrons. The minimum Gasteiger partial charge on any atom is -0.478 e. The second-order valence-corrected chi connectivity index (χ2v) is 7.01. The van der Waals surface area contributed by atoms with Gasteiger partial charge in [0.25, 0.3) is 0 Å². The van der Waals surface area contributed by atoms with E-state index in [4.69, 9.17) is 4.74 Å². The molecule has 144 valence electrons. The Morgan fingerprint density at radius 1 is 1.33 bits per heavy atom. The Bertz CT molecular complexity index is 831. The first-order valence-corrected chi connectivity index (χ1v) is 9.26. The molecule has 7 nitrogen and oxygen atoms in total. The highest BCUT2D eigenvalue weighted by Gasteiger charge is 2.45. The molecule has 7 heteroatoms. The lowest BCUT2D eigenvalue weighted by atomic mass is 9.91. The normalized spacial score (nSPS) is 17.3. The summed E-state index contributed by atoms with van der Waals surface area (Å²) in [5.41, 5.74) is -0.506. The zero-order valence-electron chi connectivity index (χ0n) is 15.6. The number of hydrogen-bond donors (Lipinski definition) is 2. The SMILES string of the molecule is CC[C@H](C)NC(=O)N1CCC(Oc2ccc3ncccc3c2)(C(=O)O)CC1. The first-order chi connectivity index (χ1) is 12.9. The van der Waals surface area contributed by atoms with Crippen LogP contribution in [0, 0.1) is 0 Å². The van der Waals surface area contributed by atoms with E-state index in [1.807, 2.05) is 32.0 Å². The molecule has 0 aliphatic carbocycles. The second kappa shape index (κ2) is 7.82. The Balaban J connectivity index is 1.72. The minimum absolute atomic E-state index is 0.0890. The van der Waals surface area contributed by atoms with Crippen LogP contribution in [0.25, 0.3) is 10.9 Å². The third-order valence-electron chi connectivity index (χ3n) is 5.12. The van der Waals surface area contributed by atoms with Gasteiger partial charge >= 0.3 is 12.0 Å². The fourth-order valence-electron chi connectivity index (χ4n) is 3.18. The summed E-state index contributed by atoms with van der Waals surface area (Å²) in [6.07, 6.45) is 3.03. The molecule has 2 N–H and O–H groups in total. The number of carboxylic acids is 1. The van der Waals surface area contributed by atoms with Crippen LogP contribution in [0.5, 0.6) is 5.75 Å². The number of fused-ring (bicyclic) bond motifs is 1. The van der Waals surface area contributed by atoms with Crippen LogP contribution < -0.4 is 10.1 Å². The molecule has 1 saturated heterocycles. The number of nitrogens with one attached hydrogen (secondary N) is 1. The number of carbonyl (C=O) groups excluding carboxylic acids is 1. The number of rotatable bonds is 5. The lowest BCUT2D eigenvalue weighted by molar-refractivity contribution is -0.159. The predicted octanol–water partition coefficient (Wildman–Crippen LogP) is 3.04. The van der Waals surface area contributed by atoms with Crippen LogP contribution in [0.4, 0.5) is 4.79 Å². The van der Waals surface area contributed by atoms with Gasteiger partial charge in [-0.05, 0) is 37.6 Å². The highest BCUT2D eigenvalue weighted by Crippen LogP contribution is 2.31. The van der Waals surface area contributed by atoms with Gasteiger partial charge in [-0.25, -0.2) is 9.59 Å². The quantitative estimate of drug-likeness (QED) is 0.843. The third-order valence-corrected chi connectivity index (χ3v) is 5.12. The zero-order chi connectivity index (χ0) is 19.4. The Labute approximate surface area is 158 Å². The van der Waals surface area contributed by atoms with E-state index in [1.165, 1.54) is 0 Å². The van der Waals surface area contributed by atoms with Crippen LogP contribution in [-0.4, -0.2) is 51.7 Å². The molecule has 27 heavy (non-hydrogen) atoms. The van der Waals surface area contributed by atoms with Gasteiger partial charge < -0.3 is 20.1 Å². The van der Waals surface area contributed by atoms with Crippen molar-refractivity contribution < 1.29 is 19.4 Å². The summed E-state index contributed by atoms with van der Waals surface area (Å²) in [5.74, 6) is -0.508. The summed E-state index contributed by atoms with van der Waals surface area (Å²) in [7, 11) is 0. The molecule has 0 spiro atoms. The van der Waals surface area contributed by atoms with Crippen LogP contribution in [0.1, 0.15) is 33.1 Å². The molecule has 1 aromatic heterocycles. The predicted molar refractivity (Wildman–Crippen MR) is 102 cm³/mol. The van der Waals surface area contributed by atoms with Gasteiger partial charge in [-0.15, -0.1) is 0 Å². The number of ether oxygens (including phenoxy) is 1. The van der Waals surface area contributed by atoms with Gasteiger partial charge in [0.1, 0.15) is 5.75 Å². The first-order valence-electron chi connectivity index (χ1n) is 9.26. The number of carboxylic acid groups (broad SMARTS) is 1. The van der Waals surface area contributed by atoms with Gasteiger partial charge in [0.15, 0.2) is 0 Å². The van der Waals surface area contributed by atoms with E-state index in [2.05, 4.69) is 10.3 Å². The number of aliphatic carboxylic acids is 1. The van der Waals surface area contributed by atoms with Crippen molar-refractivity contribution in [2.75, 3.05) is 13.1 Å². The molecule has 1 aromatic carbocycles. The van der Waals surface area contributed by atoms with Crippen molar-refractivity contribution in [1.29, 1.82) is 0 Å². The maximum atomic E-state index is 12.3. The van der Waals surface area contributed by atoms with E-state index in [9.17, 15) is 14.7 Å². The van der Waals surface area contributed by atoms with E-state index in [0.717, 1.165) is 17.3 Å². The number of hydrogen-bond acceptors (Lipinski definition) is 4. The maximum absolute atomic E-state index is 12.3. The standard InChI is InChI=1S/C20H25N3O4/c1-3-14(2)22-19(26)23-11-8-20(9-12-23,18(24)25)27-16-6-7-17-15(13-16)5-4-10-21-17/h4-7,10,13-14H,3,8-9,11-12H2,1-2H3,(H,22,26)(H,24,25)/t14-/m0/s1. The highest BCUT2D eigenvalue weighted by atomic mass is 16.5. The van der Waals surface area contributed by atoms with Crippen LogP contribution in [-0.2, 0) is 4.79 Å². The summed E-state index contributed by atoms with van der Waals surface area (Å²) in [4.78, 5) is 30.2. The number of pyridine rings is 1. The van der Waals surface area contributed by atoms with E-state index in [1.54, 1.807) is 23.2 Å². The first kappa shape index (κ1) is 18.9. The van der Waals surface area contributed by atoms with Crippen molar-refractivity contribution in [1.82, 2.24) is 15.2 Å². The molecule has 2 aromatic rings. The van der Waals surface area contributed by atoms with Crippen molar-refractivity contribution in [2.45, 2.75) is 44.8 Å². The molecular weight excluding hydrogens is 346 g/mol. The van der Waals surface area contributed by atoms with Gasteiger partial charge in [-0.1, -0.05) is 13.0 Å². The molecule has 1 aliphatic heterocycles. The van der Waals surface area contributed by atoms with Crippen LogP contribution in [0.15, 0.2) is 36.5 Å². The monoisotopic (exact) mass is 371 g/mol. The molecule has 1 fully saturated rings. The average molecular weight is 371 g/mol. The van der Waals surface area contributed by atoms with E-state index < -0.39 is 11.6 Å². The second-order valence-electron chi connectivity index (χ2n) is 7.01. The molecule has 2 amide bonds. The Hall–Kier alpha value is -2.83. The van der Waals surface area contributed by atoms with Gasteiger partial charge in [0.2, 0.25) is 5.60 Å². The largest absolute Gasteiger partial charge is 0.478 e. The number of aromatic nitrogens is 1. The fraction of sp³-hybridized carbons (Fsp3) is 0.450. The number of likely N-dealkylation sites (tertiary alicyclic amines) is 1. The van der Waals surface area contributed by atoms with Crippen LogP contribution in [0.3, 0.4) is 0 Å². The number of urea groups is 1. The van der Waals surface area contributed by atoms with E-state index >= 15 is 0 Å². The summed E-state index contributed by atoms with van der Waals surface area (Å²) < 4.78 is 5.96. The lowest BCUT2D eigenvalue weighted by Crippen LogP contribution is -2.56. The van der Waals surface area contributed by atoms with Gasteiger partial charge in [0.05, 0.1) is 5.52 Å². The summed E-state index contributed by atoms with van der Waals surface area (Å²) in [6.45, 7) is 4.62.